The molecule has 0 heterocycles. The van der Waals surface area contributed by atoms with Crippen molar-refractivity contribution in [3.05, 3.63) is 29.8 Å². The van der Waals surface area contributed by atoms with Crippen molar-refractivity contribution >= 4 is 46.7 Å². The largest absolute Gasteiger partial charge is 0.455 e. The lowest BCUT2D eigenvalue weighted by atomic mass is 10.1. The third-order valence-electron chi connectivity index (χ3n) is 3.51. The highest BCUT2D eigenvalue weighted by Gasteiger charge is 2.69. The fraction of sp³-hybridized carbons (Fsp3) is 0.357. The van der Waals surface area contributed by atoms with Crippen LogP contribution in [0.25, 0.3) is 0 Å². The van der Waals surface area contributed by atoms with Crippen LogP contribution in [0.3, 0.4) is 0 Å². The predicted molar refractivity (Wildman–Crippen MR) is 81.7 cm³/mol. The van der Waals surface area contributed by atoms with Gasteiger partial charge in [0.1, 0.15) is 9.75 Å². The molecule has 0 aromatic heterocycles. The number of para-hydroxylation sites is 1. The fourth-order valence-corrected chi connectivity index (χ4v) is 2.59. The second-order valence-electron chi connectivity index (χ2n) is 5.25. The van der Waals surface area contributed by atoms with Gasteiger partial charge in [-0.1, -0.05) is 12.1 Å². The Bertz CT molecular complexity index is 647. The van der Waals surface area contributed by atoms with E-state index in [2.05, 4.69) is 5.32 Å². The maximum Gasteiger partial charge on any atom is 0.315 e. The standard InChI is InChI=1S/C14H14Cl2N2O4/c1-13(7-14(13,15)16)12(21)22-6-10(19)18-9-5-3-2-4-8(9)11(17)20/h2-5H,6-7H2,1H3,(H2,17,20)(H,18,19)/t13-/m0/s1. The third kappa shape index (κ3) is 3.18. The van der Waals surface area contributed by atoms with E-state index in [-0.39, 0.29) is 17.7 Å². The number of nitrogens with two attached hydrogens (primary N) is 1. The average Bonchev–Trinajstić information content (AvgIpc) is 2.96. The number of esters is 1. The van der Waals surface area contributed by atoms with Crippen molar-refractivity contribution in [2.45, 2.75) is 17.7 Å². The molecule has 0 saturated heterocycles. The molecule has 0 aliphatic heterocycles. The second-order valence-corrected chi connectivity index (χ2v) is 6.73. The molecule has 1 aliphatic rings. The molecule has 22 heavy (non-hydrogen) atoms. The van der Waals surface area contributed by atoms with Crippen molar-refractivity contribution in [2.75, 3.05) is 11.9 Å². The molecule has 1 aromatic carbocycles. The van der Waals surface area contributed by atoms with Gasteiger partial charge in [-0.3, -0.25) is 14.4 Å². The summed E-state index contributed by atoms with van der Waals surface area (Å²) >= 11 is 11.7. The van der Waals surface area contributed by atoms with Crippen molar-refractivity contribution in [2.24, 2.45) is 11.1 Å². The topological polar surface area (TPSA) is 98.5 Å². The van der Waals surface area contributed by atoms with Crippen LogP contribution in [-0.4, -0.2) is 28.7 Å². The molecule has 8 heteroatoms. The number of carbonyl (C=O) groups excluding carboxylic acids is 3. The van der Waals surface area contributed by atoms with E-state index in [4.69, 9.17) is 33.7 Å². The number of hydrogen-bond donors (Lipinski definition) is 2. The maximum absolute atomic E-state index is 11.8. The summed E-state index contributed by atoms with van der Waals surface area (Å²) in [5, 5.41) is 2.46. The van der Waals surface area contributed by atoms with Gasteiger partial charge in [-0.25, -0.2) is 0 Å². The fourth-order valence-electron chi connectivity index (χ4n) is 1.90. The predicted octanol–water partition coefficient (Wildman–Crippen LogP) is 1.85. The average molecular weight is 345 g/mol. The molecule has 0 bridgehead atoms. The number of anilines is 1. The van der Waals surface area contributed by atoms with Crippen molar-refractivity contribution in [3.8, 4) is 0 Å². The SMILES string of the molecule is C[C@@]1(C(=O)OCC(=O)Nc2ccccc2C(N)=O)CC1(Cl)Cl. The molecule has 0 spiro atoms. The first-order valence-corrected chi connectivity index (χ1v) is 7.17. The quantitative estimate of drug-likeness (QED) is 0.628. The van der Waals surface area contributed by atoms with Crippen LogP contribution >= 0.6 is 23.2 Å². The van der Waals surface area contributed by atoms with Gasteiger partial charge in [-0.15, -0.1) is 23.2 Å². The zero-order valence-electron chi connectivity index (χ0n) is 11.7. The minimum atomic E-state index is -1.15. The number of halogens is 2. The van der Waals surface area contributed by atoms with E-state index in [1.807, 2.05) is 0 Å². The zero-order valence-corrected chi connectivity index (χ0v) is 13.2. The second kappa shape index (κ2) is 5.78. The smallest absolute Gasteiger partial charge is 0.315 e. The molecular formula is C14H14Cl2N2O4. The molecule has 1 aromatic rings. The number of primary amides is 1. The van der Waals surface area contributed by atoms with Gasteiger partial charge in [0.15, 0.2) is 6.61 Å². The lowest BCUT2D eigenvalue weighted by molar-refractivity contribution is -0.152. The molecule has 2 amide bonds. The Morgan fingerprint density at radius 1 is 1.32 bits per heavy atom. The molecule has 118 valence electrons. The van der Waals surface area contributed by atoms with E-state index in [0.717, 1.165) is 0 Å². The molecule has 6 nitrogen and oxygen atoms in total. The van der Waals surface area contributed by atoms with Crippen LogP contribution in [0.5, 0.6) is 0 Å². The summed E-state index contributed by atoms with van der Waals surface area (Å²) in [5.41, 5.74) is 4.62. The Kier molecular flexibility index (Phi) is 4.35. The Morgan fingerprint density at radius 3 is 2.45 bits per heavy atom. The van der Waals surface area contributed by atoms with Crippen LogP contribution in [-0.2, 0) is 14.3 Å². The minimum absolute atomic E-state index is 0.164. The van der Waals surface area contributed by atoms with Gasteiger partial charge < -0.3 is 15.8 Å². The number of amides is 2. The first-order valence-electron chi connectivity index (χ1n) is 6.41. The summed E-state index contributed by atoms with van der Waals surface area (Å²) < 4.78 is 3.75. The number of ether oxygens (including phenoxy) is 1. The maximum atomic E-state index is 11.8. The molecule has 0 radical (unpaired) electrons. The van der Waals surface area contributed by atoms with E-state index in [1.54, 1.807) is 19.1 Å². The first-order chi connectivity index (χ1) is 10.2. The summed E-state index contributed by atoms with van der Waals surface area (Å²) in [7, 11) is 0. The minimum Gasteiger partial charge on any atom is -0.455 e. The Morgan fingerprint density at radius 2 is 1.91 bits per heavy atom. The van der Waals surface area contributed by atoms with E-state index >= 15 is 0 Å². The Labute approximate surface area is 136 Å². The van der Waals surface area contributed by atoms with Crippen molar-refractivity contribution in [3.63, 3.8) is 0 Å². The lowest BCUT2D eigenvalue weighted by Gasteiger charge is -2.12. The van der Waals surface area contributed by atoms with Crippen molar-refractivity contribution in [1.82, 2.24) is 0 Å². The molecule has 3 N–H and O–H groups in total. The highest BCUT2D eigenvalue weighted by molar-refractivity contribution is 6.53. The molecule has 2 rings (SSSR count). The number of nitrogens with one attached hydrogen (secondary N) is 1. The van der Waals surface area contributed by atoms with E-state index in [9.17, 15) is 14.4 Å². The first kappa shape index (κ1) is 16.6. The van der Waals surface area contributed by atoms with Crippen LogP contribution in [0.4, 0.5) is 5.69 Å². The molecule has 1 atom stereocenters. The number of hydrogen-bond acceptors (Lipinski definition) is 4. The summed E-state index contributed by atoms with van der Waals surface area (Å²) in [4.78, 5) is 34.9. The molecule has 1 aliphatic carbocycles. The van der Waals surface area contributed by atoms with Crippen molar-refractivity contribution in [1.29, 1.82) is 0 Å². The van der Waals surface area contributed by atoms with Gasteiger partial charge in [0, 0.05) is 6.42 Å². The van der Waals surface area contributed by atoms with Gasteiger partial charge in [0.05, 0.1) is 11.3 Å². The van der Waals surface area contributed by atoms with Gasteiger partial charge in [-0.2, -0.15) is 0 Å². The van der Waals surface area contributed by atoms with E-state index in [1.165, 1.54) is 12.1 Å². The van der Waals surface area contributed by atoms with Gasteiger partial charge in [-0.05, 0) is 19.1 Å². The van der Waals surface area contributed by atoms with Crippen LogP contribution in [0.15, 0.2) is 24.3 Å². The summed E-state index contributed by atoms with van der Waals surface area (Å²) in [5.74, 6) is -1.91. The monoisotopic (exact) mass is 344 g/mol. The number of carbonyl (C=O) groups is 3. The van der Waals surface area contributed by atoms with Crippen LogP contribution in [0.1, 0.15) is 23.7 Å². The highest BCUT2D eigenvalue weighted by Crippen LogP contribution is 2.64. The van der Waals surface area contributed by atoms with Crippen LogP contribution in [0, 0.1) is 5.41 Å². The summed E-state index contributed by atoms with van der Waals surface area (Å²) in [6.07, 6.45) is 0.272. The van der Waals surface area contributed by atoms with Gasteiger partial charge >= 0.3 is 5.97 Å². The molecule has 1 fully saturated rings. The number of alkyl halides is 2. The van der Waals surface area contributed by atoms with Gasteiger partial charge in [0.25, 0.3) is 11.8 Å². The lowest BCUT2D eigenvalue weighted by Crippen LogP contribution is -2.27. The number of benzene rings is 1. The summed E-state index contributed by atoms with van der Waals surface area (Å²) in [6.45, 7) is 1.06. The molecule has 1 saturated carbocycles. The van der Waals surface area contributed by atoms with Crippen LogP contribution < -0.4 is 11.1 Å². The Hall–Kier alpha value is -1.79. The molecule has 0 unspecified atom stereocenters. The van der Waals surface area contributed by atoms with E-state index in [0.29, 0.717) is 0 Å². The summed E-state index contributed by atoms with van der Waals surface area (Å²) in [6, 6.07) is 6.24. The normalized spacial score (nSPS) is 21.8. The highest BCUT2D eigenvalue weighted by atomic mass is 35.5. The molecular weight excluding hydrogens is 331 g/mol. The van der Waals surface area contributed by atoms with E-state index < -0.39 is 34.1 Å². The third-order valence-corrected chi connectivity index (χ3v) is 4.61. The Balaban J connectivity index is 1.92. The number of rotatable bonds is 5. The van der Waals surface area contributed by atoms with Gasteiger partial charge in [0.2, 0.25) is 0 Å². The van der Waals surface area contributed by atoms with Crippen LogP contribution in [0.2, 0.25) is 0 Å². The zero-order chi connectivity index (χ0) is 16.5. The van der Waals surface area contributed by atoms with Crippen molar-refractivity contribution < 1.29 is 19.1 Å².